The second kappa shape index (κ2) is 6.97. The van der Waals surface area contributed by atoms with Gasteiger partial charge in [0.1, 0.15) is 11.9 Å². The van der Waals surface area contributed by atoms with Crippen molar-refractivity contribution in [2.24, 2.45) is 44.2 Å². The number of hydrogen-bond donors (Lipinski definition) is 5. The fourth-order valence-electron chi connectivity index (χ4n) is 4.64. The van der Waals surface area contributed by atoms with Gasteiger partial charge in [-0.25, -0.2) is 9.98 Å². The molecule has 1 aromatic carbocycles. The van der Waals surface area contributed by atoms with E-state index in [1.807, 2.05) is 0 Å². The van der Waals surface area contributed by atoms with Crippen LogP contribution in [0, 0.1) is 17.8 Å². The van der Waals surface area contributed by atoms with E-state index in [1.54, 1.807) is 30.6 Å². The Kier molecular flexibility index (Phi) is 4.27. The van der Waals surface area contributed by atoms with E-state index in [2.05, 4.69) is 38.1 Å². The highest BCUT2D eigenvalue weighted by Crippen LogP contribution is 2.45. The van der Waals surface area contributed by atoms with Crippen molar-refractivity contribution in [2.75, 3.05) is 5.32 Å². The zero-order chi connectivity index (χ0) is 20.8. The van der Waals surface area contributed by atoms with Gasteiger partial charge in [-0.3, -0.25) is 14.6 Å². The van der Waals surface area contributed by atoms with E-state index in [1.165, 1.54) is 0 Å². The van der Waals surface area contributed by atoms with Gasteiger partial charge in [0.15, 0.2) is 6.17 Å². The minimum Gasteiger partial charge on any atom is -0.369 e. The normalized spacial score (nSPS) is 34.3. The maximum Gasteiger partial charge on any atom is 0.248 e. The average molecular weight is 406 g/mol. The first-order chi connectivity index (χ1) is 14.5. The molecule has 2 amide bonds. The lowest BCUT2D eigenvalue weighted by molar-refractivity contribution is -0.122. The van der Waals surface area contributed by atoms with Gasteiger partial charge in [0.05, 0.1) is 18.3 Å². The summed E-state index contributed by atoms with van der Waals surface area (Å²) in [5.41, 5.74) is 12.1. The Morgan fingerprint density at radius 3 is 2.83 bits per heavy atom. The molecule has 10 nitrogen and oxygen atoms in total. The Hall–Kier alpha value is -3.69. The quantitative estimate of drug-likeness (QED) is 0.428. The monoisotopic (exact) mass is 406 g/mol. The van der Waals surface area contributed by atoms with E-state index in [9.17, 15) is 9.59 Å². The topological polar surface area (TPSA) is 159 Å². The van der Waals surface area contributed by atoms with Crippen molar-refractivity contribution in [1.29, 1.82) is 0 Å². The number of aliphatic imine (C=N–C) groups is 3. The van der Waals surface area contributed by atoms with Crippen LogP contribution < -0.4 is 27.4 Å². The number of guanidine groups is 1. The van der Waals surface area contributed by atoms with E-state index in [0.29, 0.717) is 23.0 Å². The fraction of sp³-hybridized carbons (Fsp3) is 0.350. The summed E-state index contributed by atoms with van der Waals surface area (Å²) in [5, 5.41) is 9.54. The Morgan fingerprint density at radius 2 is 2.03 bits per heavy atom. The Balaban J connectivity index is 1.42. The molecule has 0 spiro atoms. The molecule has 5 rings (SSSR count). The molecule has 6 unspecified atom stereocenters. The number of carbonyl (C=O) groups is 2. The summed E-state index contributed by atoms with van der Waals surface area (Å²) in [6, 6.07) is 6.39. The number of amides is 2. The maximum absolute atomic E-state index is 12.0. The van der Waals surface area contributed by atoms with Crippen LogP contribution in [-0.2, 0) is 4.79 Å². The number of anilines is 1. The van der Waals surface area contributed by atoms with Crippen molar-refractivity contribution < 1.29 is 9.59 Å². The van der Waals surface area contributed by atoms with Crippen molar-refractivity contribution in [3.05, 3.63) is 42.0 Å². The standard InChI is InChI=1S/C20H22N8O2/c21-16(29)11-2-1-3-12(7-11)25-20-27-18-15(23-8-24-18)19(28-20)26-14-10-5-4-9(6-10)13(14)17(22)30/h1-5,7-10,13-15,18H,6H2,(H2,21,29)(H2,22,30)(H,23,24)(H2,25,26,27,28). The van der Waals surface area contributed by atoms with Gasteiger partial charge in [-0.05, 0) is 30.5 Å². The third kappa shape index (κ3) is 3.10. The number of fused-ring (bicyclic) bond motifs is 3. The molecule has 2 aliphatic carbocycles. The smallest absolute Gasteiger partial charge is 0.248 e. The van der Waals surface area contributed by atoms with E-state index in [0.717, 1.165) is 6.42 Å². The van der Waals surface area contributed by atoms with Crippen LogP contribution in [0.3, 0.4) is 0 Å². The lowest BCUT2D eigenvalue weighted by atomic mass is 9.88. The van der Waals surface area contributed by atoms with E-state index < -0.39 is 5.91 Å². The third-order valence-electron chi connectivity index (χ3n) is 6.03. The number of rotatable bonds is 4. The molecule has 0 aromatic heterocycles. The first kappa shape index (κ1) is 18.3. The number of amidine groups is 1. The summed E-state index contributed by atoms with van der Waals surface area (Å²) in [6.07, 6.45) is 6.32. The Bertz CT molecular complexity index is 1030. The van der Waals surface area contributed by atoms with Crippen LogP contribution in [0.15, 0.2) is 51.4 Å². The van der Waals surface area contributed by atoms with Gasteiger partial charge in [0.25, 0.3) is 0 Å². The third-order valence-corrected chi connectivity index (χ3v) is 6.03. The fourth-order valence-corrected chi connectivity index (χ4v) is 4.64. The summed E-state index contributed by atoms with van der Waals surface area (Å²) in [5.74, 6) is 0.315. The highest BCUT2D eigenvalue weighted by atomic mass is 16.1. The Morgan fingerprint density at radius 1 is 1.20 bits per heavy atom. The largest absolute Gasteiger partial charge is 0.369 e. The number of nitrogens with one attached hydrogen (secondary N) is 3. The van der Waals surface area contributed by atoms with Crippen LogP contribution >= 0.6 is 0 Å². The molecule has 30 heavy (non-hydrogen) atoms. The number of allylic oxidation sites excluding steroid dienone is 1. The van der Waals surface area contributed by atoms with Crippen molar-refractivity contribution in [1.82, 2.24) is 10.6 Å². The molecule has 1 fully saturated rings. The summed E-state index contributed by atoms with van der Waals surface area (Å²) in [7, 11) is 0. The highest BCUT2D eigenvalue weighted by Gasteiger charge is 2.48. The molecular formula is C20H22N8O2. The molecule has 10 heteroatoms. The minimum absolute atomic E-state index is 0.150. The zero-order valence-electron chi connectivity index (χ0n) is 16.0. The van der Waals surface area contributed by atoms with Gasteiger partial charge in [-0.1, -0.05) is 18.2 Å². The van der Waals surface area contributed by atoms with Gasteiger partial charge in [-0.2, -0.15) is 0 Å². The molecule has 4 aliphatic rings. The molecule has 2 aliphatic heterocycles. The van der Waals surface area contributed by atoms with Gasteiger partial charge < -0.3 is 27.4 Å². The maximum atomic E-state index is 12.0. The first-order valence-corrected chi connectivity index (χ1v) is 9.84. The highest BCUT2D eigenvalue weighted by molar-refractivity contribution is 6.11. The minimum atomic E-state index is -0.508. The second-order valence-corrected chi connectivity index (χ2v) is 7.89. The summed E-state index contributed by atoms with van der Waals surface area (Å²) in [6.45, 7) is 0. The molecule has 154 valence electrons. The number of nitrogens with zero attached hydrogens (tertiary/aromatic N) is 3. The van der Waals surface area contributed by atoms with Crippen molar-refractivity contribution >= 4 is 35.6 Å². The molecular weight excluding hydrogens is 384 g/mol. The summed E-state index contributed by atoms with van der Waals surface area (Å²) >= 11 is 0. The molecule has 0 radical (unpaired) electrons. The van der Waals surface area contributed by atoms with Crippen LogP contribution in [0.2, 0.25) is 0 Å². The molecule has 0 saturated heterocycles. The van der Waals surface area contributed by atoms with Gasteiger partial charge >= 0.3 is 0 Å². The van der Waals surface area contributed by atoms with Crippen molar-refractivity contribution in [2.45, 2.75) is 24.7 Å². The zero-order valence-corrected chi connectivity index (χ0v) is 16.0. The molecule has 2 heterocycles. The van der Waals surface area contributed by atoms with Gasteiger partial charge in [0.2, 0.25) is 17.8 Å². The van der Waals surface area contributed by atoms with Crippen molar-refractivity contribution in [3.63, 3.8) is 0 Å². The molecule has 2 bridgehead atoms. The van der Waals surface area contributed by atoms with Gasteiger partial charge in [-0.15, -0.1) is 0 Å². The average Bonchev–Trinajstić information content (AvgIpc) is 3.44. The molecule has 6 atom stereocenters. The number of nitrogens with two attached hydrogens (primary N) is 2. The van der Waals surface area contributed by atoms with Crippen LogP contribution in [0.25, 0.3) is 0 Å². The molecule has 7 N–H and O–H groups in total. The number of benzene rings is 1. The van der Waals surface area contributed by atoms with Crippen LogP contribution in [0.4, 0.5) is 5.69 Å². The molecule has 1 saturated carbocycles. The van der Waals surface area contributed by atoms with Crippen LogP contribution in [0.1, 0.15) is 16.8 Å². The lowest BCUT2D eigenvalue weighted by Gasteiger charge is -2.29. The second-order valence-electron chi connectivity index (χ2n) is 7.89. The summed E-state index contributed by atoms with van der Waals surface area (Å²) < 4.78 is 0. The van der Waals surface area contributed by atoms with Crippen molar-refractivity contribution in [3.8, 4) is 0 Å². The predicted octanol–water partition coefficient (Wildman–Crippen LogP) is -0.443. The van der Waals surface area contributed by atoms with Gasteiger partial charge in [0, 0.05) is 17.2 Å². The van der Waals surface area contributed by atoms with E-state index >= 15 is 0 Å². The number of primary amides is 2. The van der Waals surface area contributed by atoms with Crippen LogP contribution in [0.5, 0.6) is 0 Å². The van der Waals surface area contributed by atoms with E-state index in [-0.39, 0.29) is 41.9 Å². The number of hydrogen-bond acceptors (Lipinski definition) is 7. The lowest BCUT2D eigenvalue weighted by Crippen LogP contribution is -2.55. The van der Waals surface area contributed by atoms with Crippen LogP contribution in [-0.4, -0.2) is 48.2 Å². The SMILES string of the molecule is NC(=O)c1cccc(NC2=NC3N=CNC3C(=NC3C4C=CC(C4)C3C(N)=O)N2)c1. The molecule has 1 aromatic rings. The van der Waals surface area contributed by atoms with E-state index in [4.69, 9.17) is 16.5 Å². The summed E-state index contributed by atoms with van der Waals surface area (Å²) in [4.78, 5) is 37.3. The first-order valence-electron chi connectivity index (χ1n) is 9.84. The Labute approximate surface area is 172 Å². The predicted molar refractivity (Wildman–Crippen MR) is 113 cm³/mol. The number of carbonyl (C=O) groups excluding carboxylic acids is 2.